The summed E-state index contributed by atoms with van der Waals surface area (Å²) in [5.41, 5.74) is 2.00. The van der Waals surface area contributed by atoms with E-state index in [0.29, 0.717) is 6.04 Å². The van der Waals surface area contributed by atoms with Gasteiger partial charge in [0, 0.05) is 13.0 Å². The number of nitrogens with zero attached hydrogens (tertiary/aromatic N) is 2. The maximum absolute atomic E-state index is 7.86. The molecule has 1 aromatic carbocycles. The zero-order valence-electron chi connectivity index (χ0n) is 8.45. The Balaban J connectivity index is 2.38. The van der Waals surface area contributed by atoms with Crippen LogP contribution in [0, 0.1) is 0 Å². The Hall–Kier alpha value is -1.31. The summed E-state index contributed by atoms with van der Waals surface area (Å²) in [5, 5.41) is 0. The number of rotatable bonds is 0. The van der Waals surface area contributed by atoms with E-state index >= 15 is 0 Å². The average Bonchev–Trinajstić information content (AvgIpc) is 2.57. The lowest BCUT2D eigenvalue weighted by Crippen LogP contribution is -2.09. The van der Waals surface area contributed by atoms with E-state index in [4.69, 9.17) is 1.37 Å². The highest BCUT2D eigenvalue weighted by Gasteiger charge is 2.12. The Morgan fingerprint density at radius 1 is 1.38 bits per heavy atom. The molecule has 0 unspecified atom stereocenters. The van der Waals surface area contributed by atoms with Crippen molar-refractivity contribution in [2.45, 2.75) is 25.8 Å². The van der Waals surface area contributed by atoms with Crippen molar-refractivity contribution in [3.8, 4) is 0 Å². The smallest absolute Gasteiger partial charge is 0.109 e. The van der Waals surface area contributed by atoms with Crippen molar-refractivity contribution >= 4 is 11.0 Å². The molecule has 3 rings (SSSR count). The van der Waals surface area contributed by atoms with Crippen molar-refractivity contribution in [1.29, 1.82) is 0 Å². The standard InChI is InChI=1S/C11H12N2/c1-2-6-10-9(5-1)12-11-7-3-4-8-13(10)11/h1-2,5-6H,3-4,7-8H2/i6D. The van der Waals surface area contributed by atoms with Gasteiger partial charge in [0.2, 0.25) is 0 Å². The first-order chi connectivity index (χ1) is 6.86. The fraction of sp³-hybridized carbons (Fsp3) is 0.364. The monoisotopic (exact) mass is 173 g/mol. The number of hydrogen-bond acceptors (Lipinski definition) is 1. The maximum Gasteiger partial charge on any atom is 0.109 e. The zero-order valence-corrected chi connectivity index (χ0v) is 7.45. The van der Waals surface area contributed by atoms with Crippen molar-refractivity contribution in [2.24, 2.45) is 0 Å². The summed E-state index contributed by atoms with van der Waals surface area (Å²) in [6, 6.07) is 6.34. The van der Waals surface area contributed by atoms with Crippen LogP contribution in [0.25, 0.3) is 11.0 Å². The molecule has 2 heteroatoms. The lowest BCUT2D eigenvalue weighted by Gasteiger charge is -2.13. The van der Waals surface area contributed by atoms with Crippen LogP contribution in [-0.4, -0.2) is 9.55 Å². The molecule has 2 aromatic rings. The van der Waals surface area contributed by atoms with Crippen LogP contribution in [0.2, 0.25) is 0 Å². The topological polar surface area (TPSA) is 17.8 Å². The van der Waals surface area contributed by atoms with Crippen LogP contribution >= 0.6 is 0 Å². The summed E-state index contributed by atoms with van der Waals surface area (Å²) >= 11 is 0. The molecule has 0 radical (unpaired) electrons. The number of fused-ring (bicyclic) bond motifs is 3. The SMILES string of the molecule is [2H]c1cccc2nc3n(c12)CCCC3. The van der Waals surface area contributed by atoms with Crippen LogP contribution in [0.15, 0.2) is 24.2 Å². The largest absolute Gasteiger partial charge is 0.328 e. The highest BCUT2D eigenvalue weighted by molar-refractivity contribution is 5.75. The van der Waals surface area contributed by atoms with Crippen LogP contribution in [0.4, 0.5) is 0 Å². The molecule has 0 amide bonds. The predicted molar refractivity (Wildman–Crippen MR) is 52.7 cm³/mol. The van der Waals surface area contributed by atoms with Gasteiger partial charge < -0.3 is 4.57 Å². The minimum atomic E-state index is 0.600. The van der Waals surface area contributed by atoms with E-state index in [-0.39, 0.29) is 0 Å². The first kappa shape index (κ1) is 6.19. The summed E-state index contributed by atoms with van der Waals surface area (Å²) in [7, 11) is 0. The van der Waals surface area contributed by atoms with Crippen LogP contribution in [0.5, 0.6) is 0 Å². The third-order valence-electron chi connectivity index (χ3n) is 2.68. The van der Waals surface area contributed by atoms with Gasteiger partial charge in [0.1, 0.15) is 5.82 Å². The second-order valence-corrected chi connectivity index (χ2v) is 3.54. The molecule has 1 aromatic heterocycles. The van der Waals surface area contributed by atoms with Crippen LogP contribution in [-0.2, 0) is 13.0 Å². The van der Waals surface area contributed by atoms with Gasteiger partial charge in [0.25, 0.3) is 0 Å². The van der Waals surface area contributed by atoms with E-state index in [2.05, 4.69) is 9.55 Å². The van der Waals surface area contributed by atoms with Gasteiger partial charge >= 0.3 is 0 Å². The number of imidazole rings is 1. The lowest BCUT2D eigenvalue weighted by molar-refractivity contribution is 0.533. The number of para-hydroxylation sites is 2. The minimum absolute atomic E-state index is 0.600. The van der Waals surface area contributed by atoms with E-state index in [0.717, 1.165) is 29.8 Å². The Kier molecular flexibility index (Phi) is 1.23. The molecule has 2 heterocycles. The number of aryl methyl sites for hydroxylation is 2. The van der Waals surface area contributed by atoms with Crippen LogP contribution in [0.1, 0.15) is 20.0 Å². The molecular formula is C11H12N2. The Morgan fingerprint density at radius 2 is 2.38 bits per heavy atom. The Labute approximate surface area is 78.6 Å². The van der Waals surface area contributed by atoms with Gasteiger partial charge in [-0.05, 0) is 25.0 Å². The minimum Gasteiger partial charge on any atom is -0.328 e. The maximum atomic E-state index is 7.86. The van der Waals surface area contributed by atoms with E-state index < -0.39 is 0 Å². The van der Waals surface area contributed by atoms with Gasteiger partial charge in [-0.25, -0.2) is 4.98 Å². The molecule has 0 atom stereocenters. The van der Waals surface area contributed by atoms with Gasteiger partial charge in [-0.15, -0.1) is 0 Å². The molecule has 0 aliphatic carbocycles. The van der Waals surface area contributed by atoms with Crippen molar-refractivity contribution in [3.63, 3.8) is 0 Å². The normalized spacial score (nSPS) is 17.1. The molecule has 0 N–H and O–H groups in total. The summed E-state index contributed by atoms with van der Waals surface area (Å²) < 4.78 is 10.1. The number of benzene rings is 1. The Morgan fingerprint density at radius 3 is 3.38 bits per heavy atom. The van der Waals surface area contributed by atoms with Crippen molar-refractivity contribution in [2.75, 3.05) is 0 Å². The molecule has 2 nitrogen and oxygen atoms in total. The first-order valence-corrected chi connectivity index (χ1v) is 4.81. The Bertz CT molecular complexity index is 487. The van der Waals surface area contributed by atoms with Crippen LogP contribution < -0.4 is 0 Å². The second kappa shape index (κ2) is 2.59. The van der Waals surface area contributed by atoms with E-state index in [1.807, 2.05) is 18.2 Å². The summed E-state index contributed by atoms with van der Waals surface area (Å²) in [4.78, 5) is 4.56. The van der Waals surface area contributed by atoms with E-state index in [1.165, 1.54) is 12.8 Å². The van der Waals surface area contributed by atoms with Gasteiger partial charge in [-0.1, -0.05) is 12.1 Å². The van der Waals surface area contributed by atoms with Gasteiger partial charge in [-0.3, -0.25) is 0 Å². The summed E-state index contributed by atoms with van der Waals surface area (Å²) in [6.45, 7) is 1.03. The van der Waals surface area contributed by atoms with Crippen molar-refractivity contribution < 1.29 is 1.37 Å². The molecule has 0 bridgehead atoms. The highest BCUT2D eigenvalue weighted by Crippen LogP contribution is 2.21. The highest BCUT2D eigenvalue weighted by atomic mass is 15.1. The van der Waals surface area contributed by atoms with E-state index in [1.54, 1.807) is 0 Å². The number of hydrogen-bond donors (Lipinski definition) is 0. The lowest BCUT2D eigenvalue weighted by atomic mass is 10.2. The number of aromatic nitrogens is 2. The fourth-order valence-corrected chi connectivity index (χ4v) is 2.04. The summed E-state index contributed by atoms with van der Waals surface area (Å²) in [5.74, 6) is 1.16. The summed E-state index contributed by atoms with van der Waals surface area (Å²) in [6.07, 6.45) is 3.51. The third kappa shape index (κ3) is 0.981. The first-order valence-electron chi connectivity index (χ1n) is 5.31. The van der Waals surface area contributed by atoms with Crippen molar-refractivity contribution in [3.05, 3.63) is 30.1 Å². The fourth-order valence-electron chi connectivity index (χ4n) is 2.04. The van der Waals surface area contributed by atoms with E-state index in [9.17, 15) is 0 Å². The zero-order chi connectivity index (χ0) is 9.54. The molecule has 0 spiro atoms. The van der Waals surface area contributed by atoms with Crippen molar-refractivity contribution in [1.82, 2.24) is 9.55 Å². The molecule has 0 saturated heterocycles. The predicted octanol–water partition coefficient (Wildman–Crippen LogP) is 2.37. The molecule has 0 saturated carbocycles. The van der Waals surface area contributed by atoms with Crippen LogP contribution in [0.3, 0.4) is 0 Å². The molecular weight excluding hydrogens is 160 g/mol. The van der Waals surface area contributed by atoms with Gasteiger partial charge in [0.15, 0.2) is 0 Å². The molecule has 1 aliphatic rings. The third-order valence-corrected chi connectivity index (χ3v) is 2.68. The molecule has 13 heavy (non-hydrogen) atoms. The second-order valence-electron chi connectivity index (χ2n) is 3.54. The van der Waals surface area contributed by atoms with Gasteiger partial charge in [0.05, 0.1) is 12.4 Å². The average molecular weight is 173 g/mol. The molecule has 1 aliphatic heterocycles. The van der Waals surface area contributed by atoms with Gasteiger partial charge in [-0.2, -0.15) is 0 Å². The molecule has 0 fully saturated rings. The quantitative estimate of drug-likeness (QED) is 0.598. The molecule has 66 valence electrons.